The van der Waals surface area contributed by atoms with Crippen molar-refractivity contribution in [3.8, 4) is 0 Å². The number of amides is 1. The molecule has 2 rings (SSSR count). The number of benzene rings is 1. The van der Waals surface area contributed by atoms with Crippen molar-refractivity contribution in [2.24, 2.45) is 5.92 Å². The van der Waals surface area contributed by atoms with E-state index in [2.05, 4.69) is 5.32 Å². The molecule has 0 bridgehead atoms. The molecule has 174 valence electrons. The number of ether oxygens (including phenoxy) is 2. The zero-order chi connectivity index (χ0) is 23.9. The van der Waals surface area contributed by atoms with Crippen molar-refractivity contribution in [3.63, 3.8) is 0 Å². The topological polar surface area (TPSA) is 125 Å². The molecule has 0 aliphatic heterocycles. The van der Waals surface area contributed by atoms with E-state index >= 15 is 0 Å². The first kappa shape index (κ1) is 25.3. The third-order valence-electron chi connectivity index (χ3n) is 4.47. The molecule has 0 saturated heterocycles. The second-order valence-corrected chi connectivity index (χ2v) is 9.46. The molecule has 1 aromatic carbocycles. The first-order valence-electron chi connectivity index (χ1n) is 9.95. The summed E-state index contributed by atoms with van der Waals surface area (Å²) in [5.41, 5.74) is 0.789. The number of hydrogen-bond donors (Lipinski definition) is 1. The van der Waals surface area contributed by atoms with E-state index in [4.69, 9.17) is 18.3 Å². The molecule has 2 aromatic rings. The van der Waals surface area contributed by atoms with Crippen LogP contribution in [0.1, 0.15) is 44.8 Å². The summed E-state index contributed by atoms with van der Waals surface area (Å²) in [6.07, 6.45) is 0. The van der Waals surface area contributed by atoms with Crippen molar-refractivity contribution in [2.75, 3.05) is 0 Å². The molecule has 0 aliphatic rings. The van der Waals surface area contributed by atoms with Crippen LogP contribution in [0, 0.1) is 12.8 Å². The predicted octanol–water partition coefficient (Wildman–Crippen LogP) is 3.57. The largest absolute Gasteiger partial charge is 0.519 e. The van der Waals surface area contributed by atoms with Gasteiger partial charge in [0.15, 0.2) is 18.1 Å². The Morgan fingerprint density at radius 2 is 1.72 bits per heavy atom. The SMILES string of the molecule is Cc1oc(=O)oc1COC(=O)SC(C)(C)[C@@H](NC(=O)C(C)C)C(=O)OCc1ccccc1. The third kappa shape index (κ3) is 7.30. The van der Waals surface area contributed by atoms with E-state index in [1.165, 1.54) is 6.92 Å². The van der Waals surface area contributed by atoms with E-state index in [9.17, 15) is 19.2 Å². The van der Waals surface area contributed by atoms with Gasteiger partial charge < -0.3 is 23.6 Å². The minimum atomic E-state index is -1.12. The van der Waals surface area contributed by atoms with Gasteiger partial charge in [0.1, 0.15) is 12.6 Å². The molecule has 0 saturated carbocycles. The number of hydrogen-bond acceptors (Lipinski definition) is 9. The van der Waals surface area contributed by atoms with Crippen LogP contribution in [0.15, 0.2) is 44.0 Å². The van der Waals surface area contributed by atoms with Crippen molar-refractivity contribution in [1.29, 1.82) is 0 Å². The Balaban J connectivity index is 2.07. The molecule has 32 heavy (non-hydrogen) atoms. The molecule has 1 N–H and O–H groups in total. The Morgan fingerprint density at radius 1 is 1.06 bits per heavy atom. The van der Waals surface area contributed by atoms with Gasteiger partial charge in [-0.25, -0.2) is 14.4 Å². The number of carbonyl (C=O) groups is 3. The van der Waals surface area contributed by atoms with Gasteiger partial charge in [-0.2, -0.15) is 0 Å². The van der Waals surface area contributed by atoms with Crippen molar-refractivity contribution in [2.45, 2.75) is 58.6 Å². The molecule has 0 aliphatic carbocycles. The van der Waals surface area contributed by atoms with Crippen molar-refractivity contribution < 1.29 is 32.7 Å². The number of nitrogens with one attached hydrogen (secondary N) is 1. The molecule has 1 amide bonds. The van der Waals surface area contributed by atoms with Crippen LogP contribution in [0.5, 0.6) is 0 Å². The van der Waals surface area contributed by atoms with Crippen molar-refractivity contribution in [1.82, 2.24) is 5.32 Å². The van der Waals surface area contributed by atoms with Crippen LogP contribution >= 0.6 is 11.8 Å². The molecule has 1 aromatic heterocycles. The molecular weight excluding hydrogens is 438 g/mol. The highest BCUT2D eigenvalue weighted by Crippen LogP contribution is 2.31. The summed E-state index contributed by atoms with van der Waals surface area (Å²) in [6.45, 7) is 7.85. The first-order chi connectivity index (χ1) is 15.0. The van der Waals surface area contributed by atoms with Gasteiger partial charge in [0.25, 0.3) is 0 Å². The van der Waals surface area contributed by atoms with Gasteiger partial charge >= 0.3 is 17.1 Å². The van der Waals surface area contributed by atoms with Crippen LogP contribution in [0.4, 0.5) is 4.79 Å². The number of aryl methyl sites for hydroxylation is 1. The number of esters is 1. The molecule has 0 spiro atoms. The van der Waals surface area contributed by atoms with Crippen LogP contribution < -0.4 is 11.1 Å². The van der Waals surface area contributed by atoms with Crippen molar-refractivity contribution >= 4 is 28.9 Å². The van der Waals surface area contributed by atoms with Crippen LogP contribution in [0.25, 0.3) is 0 Å². The fourth-order valence-electron chi connectivity index (χ4n) is 2.57. The van der Waals surface area contributed by atoms with Crippen LogP contribution in [0.2, 0.25) is 0 Å². The molecule has 10 heteroatoms. The van der Waals surface area contributed by atoms with Gasteiger partial charge in [0.05, 0.1) is 4.75 Å². The normalized spacial score (nSPS) is 12.3. The summed E-state index contributed by atoms with van der Waals surface area (Å²) in [7, 11) is 0. The van der Waals surface area contributed by atoms with E-state index in [1.807, 2.05) is 30.3 Å². The standard InChI is InChI=1S/C22H27NO8S/c1-13(2)18(24)23-17(19(25)28-11-15-9-7-6-8-10-15)22(4,5)32-21(27)29-12-16-14(3)30-20(26)31-16/h6-10,13,17H,11-12H2,1-5H3,(H,23,24)/t17-/m0/s1. The molecule has 0 unspecified atom stereocenters. The van der Waals surface area contributed by atoms with Gasteiger partial charge in [-0.1, -0.05) is 44.2 Å². The lowest BCUT2D eigenvalue weighted by Crippen LogP contribution is -2.54. The lowest BCUT2D eigenvalue weighted by Gasteiger charge is -2.32. The summed E-state index contributed by atoms with van der Waals surface area (Å²) >= 11 is 0.719. The maximum Gasteiger partial charge on any atom is 0.519 e. The first-order valence-corrected chi connectivity index (χ1v) is 10.8. The number of rotatable bonds is 9. The second-order valence-electron chi connectivity index (χ2n) is 7.87. The van der Waals surface area contributed by atoms with Crippen molar-refractivity contribution in [3.05, 3.63) is 58.0 Å². The summed E-state index contributed by atoms with van der Waals surface area (Å²) in [5.74, 6) is -2.00. The van der Waals surface area contributed by atoms with E-state index < -0.39 is 27.9 Å². The summed E-state index contributed by atoms with van der Waals surface area (Å²) < 4.78 is 18.9. The zero-order valence-electron chi connectivity index (χ0n) is 18.6. The highest BCUT2D eigenvalue weighted by atomic mass is 32.2. The minimum Gasteiger partial charge on any atom is -0.459 e. The highest BCUT2D eigenvalue weighted by Gasteiger charge is 2.41. The fraction of sp³-hybridized carbons (Fsp3) is 0.455. The quantitative estimate of drug-likeness (QED) is 0.553. The molecule has 9 nitrogen and oxygen atoms in total. The molecule has 0 fully saturated rings. The van der Waals surface area contributed by atoms with Crippen LogP contribution in [-0.4, -0.2) is 28.0 Å². The van der Waals surface area contributed by atoms with Crippen LogP contribution in [0.3, 0.4) is 0 Å². The third-order valence-corrected chi connectivity index (χ3v) is 5.52. The Bertz CT molecular complexity index is 993. The molecule has 1 heterocycles. The molecular formula is C22H27NO8S. The Labute approximate surface area is 189 Å². The van der Waals surface area contributed by atoms with Gasteiger partial charge in [-0.05, 0) is 38.1 Å². The maximum absolute atomic E-state index is 12.9. The van der Waals surface area contributed by atoms with E-state index in [0.717, 1.165) is 17.3 Å². The molecule has 1 atom stereocenters. The highest BCUT2D eigenvalue weighted by molar-refractivity contribution is 8.14. The monoisotopic (exact) mass is 465 g/mol. The average Bonchev–Trinajstić information content (AvgIpc) is 3.05. The van der Waals surface area contributed by atoms with Gasteiger partial charge in [-0.15, -0.1) is 0 Å². The number of thioether (sulfide) groups is 1. The minimum absolute atomic E-state index is 0.0255. The lowest BCUT2D eigenvalue weighted by atomic mass is 10.0. The zero-order valence-corrected chi connectivity index (χ0v) is 19.4. The Morgan fingerprint density at radius 3 is 2.28 bits per heavy atom. The van der Waals surface area contributed by atoms with E-state index in [1.54, 1.807) is 27.7 Å². The predicted molar refractivity (Wildman–Crippen MR) is 117 cm³/mol. The Hall–Kier alpha value is -3.01. The Kier molecular flexibility index (Phi) is 8.71. The van der Waals surface area contributed by atoms with Gasteiger partial charge in [0, 0.05) is 5.92 Å². The summed E-state index contributed by atoms with van der Waals surface area (Å²) in [6, 6.07) is 7.98. The van der Waals surface area contributed by atoms with Gasteiger partial charge in [0.2, 0.25) is 5.91 Å². The van der Waals surface area contributed by atoms with E-state index in [-0.39, 0.29) is 36.6 Å². The summed E-state index contributed by atoms with van der Waals surface area (Å²) in [4.78, 5) is 48.7. The smallest absolute Gasteiger partial charge is 0.459 e. The summed E-state index contributed by atoms with van der Waals surface area (Å²) in [5, 5.41) is 1.94. The van der Waals surface area contributed by atoms with Gasteiger partial charge in [-0.3, -0.25) is 4.79 Å². The van der Waals surface area contributed by atoms with E-state index in [0.29, 0.717) is 0 Å². The fourth-order valence-corrected chi connectivity index (χ4v) is 3.39. The van der Waals surface area contributed by atoms with Crippen LogP contribution in [-0.2, 0) is 32.3 Å². The second kappa shape index (κ2) is 11.0. The lowest BCUT2D eigenvalue weighted by molar-refractivity contribution is -0.150. The molecule has 0 radical (unpaired) electrons. The average molecular weight is 466 g/mol. The maximum atomic E-state index is 12.9. The number of carbonyl (C=O) groups excluding carboxylic acids is 3.